The molecule has 0 spiro atoms. The summed E-state index contributed by atoms with van der Waals surface area (Å²) in [5.74, 6) is -0.168. The van der Waals surface area contributed by atoms with Gasteiger partial charge in [-0.15, -0.1) is 0 Å². The van der Waals surface area contributed by atoms with Gasteiger partial charge in [0.15, 0.2) is 14.9 Å². The van der Waals surface area contributed by atoms with E-state index in [1.54, 1.807) is 48.8 Å². The maximum atomic E-state index is 15.3. The van der Waals surface area contributed by atoms with E-state index in [1.807, 2.05) is 17.0 Å². The Morgan fingerprint density at radius 3 is 2.38 bits per heavy atom. The van der Waals surface area contributed by atoms with Crippen LogP contribution in [0.15, 0.2) is 66.1 Å². The van der Waals surface area contributed by atoms with Crippen molar-refractivity contribution >= 4 is 25.9 Å². The number of esters is 1. The Morgan fingerprint density at radius 2 is 1.72 bits per heavy atom. The van der Waals surface area contributed by atoms with Crippen LogP contribution >= 0.6 is 0 Å². The van der Waals surface area contributed by atoms with Crippen LogP contribution in [0.3, 0.4) is 0 Å². The number of oxime groups is 1. The summed E-state index contributed by atoms with van der Waals surface area (Å²) in [6, 6.07) is 14.1. The third-order valence-electron chi connectivity index (χ3n) is 7.06. The monoisotopic (exact) mass is 550 g/mol. The number of nitrogens with zero attached hydrogens (tertiary/aromatic N) is 4. The van der Waals surface area contributed by atoms with E-state index < -0.39 is 14.3 Å². The maximum Gasteiger partial charge on any atom is 0.338 e. The second-order valence-electron chi connectivity index (χ2n) is 10.9. The van der Waals surface area contributed by atoms with Gasteiger partial charge in [-0.05, 0) is 30.3 Å². The molecule has 0 N–H and O–H groups in total. The molecular formula is C29H35FN4O4Si. The minimum atomic E-state index is -2.00. The zero-order chi connectivity index (χ0) is 28.0. The quantitative estimate of drug-likeness (QED) is 0.135. The average Bonchev–Trinajstić information content (AvgIpc) is 2.89. The van der Waals surface area contributed by atoms with Crippen molar-refractivity contribution in [2.24, 2.45) is 5.16 Å². The second-order valence-corrected chi connectivity index (χ2v) is 15.8. The summed E-state index contributed by atoms with van der Waals surface area (Å²) in [5, 5.41) is 4.13. The molecule has 1 saturated heterocycles. The molecule has 0 aliphatic carbocycles. The Labute approximate surface area is 230 Å². The number of rotatable bonds is 10. The van der Waals surface area contributed by atoms with Crippen molar-refractivity contribution < 1.29 is 23.2 Å². The van der Waals surface area contributed by atoms with Crippen LogP contribution in [-0.2, 0) is 20.6 Å². The van der Waals surface area contributed by atoms with Gasteiger partial charge >= 0.3 is 5.97 Å². The Bertz CT molecular complexity index is 1300. The molecule has 0 unspecified atom stereocenters. The first-order valence-corrected chi connectivity index (χ1v) is 15.8. The third kappa shape index (κ3) is 7.07. The lowest BCUT2D eigenvalue weighted by atomic mass is 10.1. The predicted octanol–water partition coefficient (Wildman–Crippen LogP) is 5.85. The third-order valence-corrected chi connectivity index (χ3v) is 11.5. The van der Waals surface area contributed by atoms with E-state index in [9.17, 15) is 4.79 Å². The Morgan fingerprint density at radius 1 is 1.03 bits per heavy atom. The summed E-state index contributed by atoms with van der Waals surface area (Å²) in [5.41, 5.74) is 2.91. The fraction of sp³-hybridized carbons (Fsp3) is 0.379. The lowest BCUT2D eigenvalue weighted by Gasteiger charge is -2.36. The van der Waals surface area contributed by atoms with Crippen molar-refractivity contribution in [3.8, 4) is 11.1 Å². The molecule has 1 aliphatic rings. The summed E-state index contributed by atoms with van der Waals surface area (Å²) in [6.07, 6.45) is 3.26. The SMILES string of the molecule is CC(C)(C)[Si](C)(C)OCc1cccc(-c2cnc(N3CC(=NOCCOC(=O)c4ccccc4)C3)nc2)c1F. The van der Waals surface area contributed by atoms with Crippen LogP contribution in [0.25, 0.3) is 11.1 Å². The number of halogens is 1. The van der Waals surface area contributed by atoms with Crippen molar-refractivity contribution in [3.05, 3.63) is 77.9 Å². The molecule has 39 heavy (non-hydrogen) atoms. The highest BCUT2D eigenvalue weighted by molar-refractivity contribution is 6.74. The first-order chi connectivity index (χ1) is 18.5. The molecular weight excluding hydrogens is 515 g/mol. The van der Waals surface area contributed by atoms with Gasteiger partial charge in [-0.25, -0.2) is 19.2 Å². The summed E-state index contributed by atoms with van der Waals surface area (Å²) >= 11 is 0. The molecule has 3 aromatic rings. The van der Waals surface area contributed by atoms with Gasteiger partial charge in [0.1, 0.15) is 12.4 Å². The van der Waals surface area contributed by atoms with E-state index in [0.717, 1.165) is 5.71 Å². The Hall–Kier alpha value is -3.63. The second kappa shape index (κ2) is 12.0. The first-order valence-electron chi connectivity index (χ1n) is 12.9. The van der Waals surface area contributed by atoms with Crippen LogP contribution in [0.5, 0.6) is 0 Å². The minimum Gasteiger partial charge on any atom is -0.458 e. The van der Waals surface area contributed by atoms with Gasteiger partial charge in [0.2, 0.25) is 5.95 Å². The van der Waals surface area contributed by atoms with Gasteiger partial charge in [-0.2, -0.15) is 0 Å². The molecule has 2 heterocycles. The molecule has 1 fully saturated rings. The highest BCUT2D eigenvalue weighted by atomic mass is 28.4. The molecule has 0 atom stereocenters. The van der Waals surface area contributed by atoms with Gasteiger partial charge in [0, 0.05) is 29.1 Å². The molecule has 0 radical (unpaired) electrons. The van der Waals surface area contributed by atoms with E-state index in [2.05, 4.69) is 49.0 Å². The van der Waals surface area contributed by atoms with Gasteiger partial charge in [0.05, 0.1) is 31.0 Å². The predicted molar refractivity (Wildman–Crippen MR) is 152 cm³/mol. The van der Waals surface area contributed by atoms with E-state index in [0.29, 0.717) is 41.3 Å². The number of anilines is 1. The van der Waals surface area contributed by atoms with Crippen molar-refractivity contribution in [2.45, 2.75) is 45.5 Å². The lowest BCUT2D eigenvalue weighted by molar-refractivity contribution is 0.0326. The molecule has 8 nitrogen and oxygen atoms in total. The van der Waals surface area contributed by atoms with Crippen LogP contribution in [-0.4, -0.2) is 56.3 Å². The van der Waals surface area contributed by atoms with Crippen LogP contribution in [0.1, 0.15) is 36.7 Å². The maximum absolute atomic E-state index is 15.3. The molecule has 1 aliphatic heterocycles. The largest absolute Gasteiger partial charge is 0.458 e. The summed E-state index contributed by atoms with van der Waals surface area (Å²) in [6.45, 7) is 12.4. The summed E-state index contributed by atoms with van der Waals surface area (Å²) in [4.78, 5) is 27.9. The number of carbonyl (C=O) groups excluding carboxylic acids is 1. The fourth-order valence-corrected chi connectivity index (χ4v) is 4.52. The number of hydrogen-bond acceptors (Lipinski definition) is 8. The fourth-order valence-electron chi connectivity index (χ4n) is 3.57. The van der Waals surface area contributed by atoms with Gasteiger partial charge in [0.25, 0.3) is 0 Å². The molecule has 0 amide bonds. The van der Waals surface area contributed by atoms with Gasteiger partial charge in [-0.3, -0.25) is 0 Å². The summed E-state index contributed by atoms with van der Waals surface area (Å²) < 4.78 is 26.7. The van der Waals surface area contributed by atoms with E-state index >= 15 is 4.39 Å². The van der Waals surface area contributed by atoms with Crippen LogP contribution in [0.4, 0.5) is 10.3 Å². The van der Waals surface area contributed by atoms with Crippen molar-refractivity contribution in [3.63, 3.8) is 0 Å². The topological polar surface area (TPSA) is 86.1 Å². The molecule has 1 aromatic heterocycles. The standard InChI is InChI=1S/C29H35FN4O4Si/c1-29(2,3)39(4,5)38-20-22-12-9-13-25(26(22)30)23-16-31-28(32-17-23)34-18-24(19-34)33-37-15-14-36-27(35)21-10-7-6-8-11-21/h6-13,16-17H,14-15,18-20H2,1-5H3. The van der Waals surface area contributed by atoms with Crippen LogP contribution in [0.2, 0.25) is 18.1 Å². The zero-order valence-corrected chi connectivity index (χ0v) is 24.1. The van der Waals surface area contributed by atoms with Crippen LogP contribution in [0, 0.1) is 5.82 Å². The number of benzene rings is 2. The van der Waals surface area contributed by atoms with E-state index in [4.69, 9.17) is 14.0 Å². The number of carbonyl (C=O) groups is 1. The number of aromatic nitrogens is 2. The smallest absolute Gasteiger partial charge is 0.338 e. The number of ether oxygens (including phenoxy) is 1. The lowest BCUT2D eigenvalue weighted by Crippen LogP contribution is -2.48. The molecule has 206 valence electrons. The minimum absolute atomic E-state index is 0.0513. The van der Waals surface area contributed by atoms with Crippen molar-refractivity contribution in [1.82, 2.24) is 9.97 Å². The number of hydrogen-bond donors (Lipinski definition) is 0. The molecule has 0 bridgehead atoms. The zero-order valence-electron chi connectivity index (χ0n) is 23.1. The van der Waals surface area contributed by atoms with Gasteiger partial charge in [-0.1, -0.05) is 62.3 Å². The molecule has 0 saturated carbocycles. The summed E-state index contributed by atoms with van der Waals surface area (Å²) in [7, 11) is -2.00. The van der Waals surface area contributed by atoms with E-state index in [1.165, 1.54) is 0 Å². The molecule has 2 aromatic carbocycles. The molecule has 10 heteroatoms. The average molecular weight is 551 g/mol. The Kier molecular flexibility index (Phi) is 8.76. The normalized spacial score (nSPS) is 13.6. The molecule has 4 rings (SSSR count). The Balaban J connectivity index is 1.26. The van der Waals surface area contributed by atoms with Gasteiger partial charge < -0.3 is 18.9 Å². The highest BCUT2D eigenvalue weighted by Gasteiger charge is 2.37. The van der Waals surface area contributed by atoms with E-state index in [-0.39, 0.29) is 30.7 Å². The van der Waals surface area contributed by atoms with Crippen molar-refractivity contribution in [1.29, 1.82) is 0 Å². The first kappa shape index (κ1) is 28.4. The van der Waals surface area contributed by atoms with Crippen molar-refractivity contribution in [2.75, 3.05) is 31.2 Å². The van der Waals surface area contributed by atoms with Crippen LogP contribution < -0.4 is 4.90 Å². The highest BCUT2D eigenvalue weighted by Crippen LogP contribution is 2.37.